The predicted octanol–water partition coefficient (Wildman–Crippen LogP) is -0.253. The van der Waals surface area contributed by atoms with Gasteiger partial charge in [-0.15, -0.1) is 0 Å². The van der Waals surface area contributed by atoms with Gasteiger partial charge in [0.25, 0.3) is 0 Å². The van der Waals surface area contributed by atoms with Crippen molar-refractivity contribution >= 4 is 0 Å². The average Bonchev–Trinajstić information content (AvgIpc) is 1.64. The van der Waals surface area contributed by atoms with Crippen molar-refractivity contribution in [2.75, 3.05) is 0 Å². The van der Waals surface area contributed by atoms with Gasteiger partial charge in [0, 0.05) is 5.54 Å². The molecule has 6 N–H and O–H groups in total. The third-order valence-corrected chi connectivity index (χ3v) is 1.97. The van der Waals surface area contributed by atoms with E-state index >= 15 is 0 Å². The van der Waals surface area contributed by atoms with Gasteiger partial charge in [0.05, 0.1) is 5.66 Å². The lowest BCUT2D eigenvalue weighted by molar-refractivity contribution is 0.260. The standard InChI is InChI=1S/C6H17N3/c1-4-5(2,7)6(3,8)9/h4,7-9H2,1-3H3. The van der Waals surface area contributed by atoms with E-state index in [9.17, 15) is 0 Å². The Bertz CT molecular complexity index is 91.0. The zero-order valence-corrected chi connectivity index (χ0v) is 6.44. The van der Waals surface area contributed by atoms with Crippen LogP contribution in [0, 0.1) is 0 Å². The van der Waals surface area contributed by atoms with Crippen LogP contribution in [0.2, 0.25) is 0 Å². The van der Waals surface area contributed by atoms with Crippen LogP contribution in [0.3, 0.4) is 0 Å². The first-order chi connectivity index (χ1) is 3.81. The molecule has 56 valence electrons. The molecule has 0 aliphatic heterocycles. The fourth-order valence-electron chi connectivity index (χ4n) is 0.381. The van der Waals surface area contributed by atoms with Crippen molar-refractivity contribution in [3.63, 3.8) is 0 Å². The fraction of sp³-hybridized carbons (Fsp3) is 1.00. The Kier molecular flexibility index (Phi) is 2.22. The Morgan fingerprint density at radius 2 is 1.44 bits per heavy atom. The number of nitrogens with two attached hydrogens (primary N) is 3. The summed E-state index contributed by atoms with van der Waals surface area (Å²) in [5, 5.41) is 0. The highest BCUT2D eigenvalue weighted by Gasteiger charge is 2.32. The van der Waals surface area contributed by atoms with Crippen LogP contribution in [0.15, 0.2) is 0 Å². The maximum Gasteiger partial charge on any atom is 0.0789 e. The fourth-order valence-corrected chi connectivity index (χ4v) is 0.381. The summed E-state index contributed by atoms with van der Waals surface area (Å²) in [5.74, 6) is 0. The molecule has 0 aromatic rings. The third kappa shape index (κ3) is 1.93. The van der Waals surface area contributed by atoms with E-state index in [1.807, 2.05) is 13.8 Å². The maximum atomic E-state index is 5.74. The lowest BCUT2D eigenvalue weighted by Gasteiger charge is -2.36. The molecule has 0 spiro atoms. The molecule has 0 saturated heterocycles. The van der Waals surface area contributed by atoms with Crippen LogP contribution in [0.25, 0.3) is 0 Å². The first-order valence-electron chi connectivity index (χ1n) is 3.18. The molecule has 3 nitrogen and oxygen atoms in total. The summed E-state index contributed by atoms with van der Waals surface area (Å²) in [4.78, 5) is 0. The highest BCUT2D eigenvalue weighted by atomic mass is 15.0. The maximum absolute atomic E-state index is 5.74. The molecule has 9 heavy (non-hydrogen) atoms. The molecular weight excluding hydrogens is 114 g/mol. The van der Waals surface area contributed by atoms with Crippen molar-refractivity contribution in [2.24, 2.45) is 17.2 Å². The van der Waals surface area contributed by atoms with Gasteiger partial charge < -0.3 is 17.2 Å². The van der Waals surface area contributed by atoms with Crippen LogP contribution in [-0.4, -0.2) is 11.2 Å². The molecule has 0 radical (unpaired) electrons. The van der Waals surface area contributed by atoms with Crippen LogP contribution in [0.4, 0.5) is 0 Å². The van der Waals surface area contributed by atoms with E-state index in [-0.39, 0.29) is 0 Å². The smallest absolute Gasteiger partial charge is 0.0789 e. The zero-order valence-electron chi connectivity index (χ0n) is 6.44. The van der Waals surface area contributed by atoms with Crippen LogP contribution in [0.1, 0.15) is 27.2 Å². The summed E-state index contributed by atoms with van der Waals surface area (Å²) >= 11 is 0. The van der Waals surface area contributed by atoms with Crippen LogP contribution in [0.5, 0.6) is 0 Å². The predicted molar refractivity (Wildman–Crippen MR) is 39.7 cm³/mol. The lowest BCUT2D eigenvalue weighted by Crippen LogP contribution is -2.67. The minimum absolute atomic E-state index is 0.465. The SMILES string of the molecule is CCC(C)(N)C(C)(N)N. The van der Waals surface area contributed by atoms with Crippen molar-refractivity contribution in [1.29, 1.82) is 0 Å². The summed E-state index contributed by atoms with van der Waals surface area (Å²) in [6.45, 7) is 5.56. The van der Waals surface area contributed by atoms with Crippen LogP contribution in [-0.2, 0) is 0 Å². The Hall–Kier alpha value is -0.120. The van der Waals surface area contributed by atoms with Gasteiger partial charge in [-0.2, -0.15) is 0 Å². The number of rotatable bonds is 2. The molecule has 0 saturated carbocycles. The van der Waals surface area contributed by atoms with Gasteiger partial charge in [-0.1, -0.05) is 6.92 Å². The molecule has 0 aliphatic carbocycles. The number of hydrogen-bond donors (Lipinski definition) is 3. The van der Waals surface area contributed by atoms with E-state index in [4.69, 9.17) is 17.2 Å². The quantitative estimate of drug-likeness (QED) is 0.452. The second-order valence-electron chi connectivity index (χ2n) is 3.05. The van der Waals surface area contributed by atoms with Crippen molar-refractivity contribution in [1.82, 2.24) is 0 Å². The molecule has 0 aromatic heterocycles. The van der Waals surface area contributed by atoms with E-state index in [1.54, 1.807) is 6.92 Å². The summed E-state index contributed by atoms with van der Waals surface area (Å²) in [7, 11) is 0. The van der Waals surface area contributed by atoms with Gasteiger partial charge in [-0.05, 0) is 20.3 Å². The summed E-state index contributed by atoms with van der Waals surface area (Å²) in [6.07, 6.45) is 0.788. The van der Waals surface area contributed by atoms with Crippen LogP contribution < -0.4 is 17.2 Å². The summed E-state index contributed by atoms with van der Waals surface area (Å²) < 4.78 is 0. The van der Waals surface area contributed by atoms with E-state index < -0.39 is 11.2 Å². The molecular formula is C6H17N3. The Labute approximate surface area is 56.6 Å². The lowest BCUT2D eigenvalue weighted by atomic mass is 9.87. The molecule has 0 heterocycles. The van der Waals surface area contributed by atoms with E-state index in [0.717, 1.165) is 6.42 Å². The Morgan fingerprint density at radius 1 is 1.11 bits per heavy atom. The van der Waals surface area contributed by atoms with Gasteiger partial charge in [0.15, 0.2) is 0 Å². The topological polar surface area (TPSA) is 78.1 Å². The number of hydrogen-bond acceptors (Lipinski definition) is 3. The van der Waals surface area contributed by atoms with E-state index in [0.29, 0.717) is 0 Å². The summed E-state index contributed by atoms with van der Waals surface area (Å²) in [6, 6.07) is 0. The first-order valence-corrected chi connectivity index (χ1v) is 3.18. The van der Waals surface area contributed by atoms with Gasteiger partial charge in [-0.3, -0.25) is 0 Å². The van der Waals surface area contributed by atoms with Crippen molar-refractivity contribution in [3.05, 3.63) is 0 Å². The Balaban J connectivity index is 4.14. The molecule has 0 aliphatic rings. The zero-order chi connectivity index (χ0) is 7.71. The van der Waals surface area contributed by atoms with E-state index in [1.165, 1.54) is 0 Å². The highest BCUT2D eigenvalue weighted by Crippen LogP contribution is 2.13. The van der Waals surface area contributed by atoms with Crippen LogP contribution >= 0.6 is 0 Å². The Morgan fingerprint density at radius 3 is 1.44 bits per heavy atom. The normalized spacial score (nSPS) is 19.3. The molecule has 0 bridgehead atoms. The average molecular weight is 131 g/mol. The minimum atomic E-state index is -0.776. The van der Waals surface area contributed by atoms with E-state index in [2.05, 4.69) is 0 Å². The molecule has 1 atom stereocenters. The first kappa shape index (κ1) is 8.88. The third-order valence-electron chi connectivity index (χ3n) is 1.97. The highest BCUT2D eigenvalue weighted by molar-refractivity contribution is 4.95. The monoisotopic (exact) mass is 131 g/mol. The van der Waals surface area contributed by atoms with Crippen molar-refractivity contribution < 1.29 is 0 Å². The van der Waals surface area contributed by atoms with Gasteiger partial charge >= 0.3 is 0 Å². The summed E-state index contributed by atoms with van der Waals surface area (Å²) in [5.41, 5.74) is 15.7. The minimum Gasteiger partial charge on any atom is -0.323 e. The largest absolute Gasteiger partial charge is 0.323 e. The second kappa shape index (κ2) is 2.25. The molecule has 0 fully saturated rings. The molecule has 1 unspecified atom stereocenters. The van der Waals surface area contributed by atoms with Crippen molar-refractivity contribution in [2.45, 2.75) is 38.4 Å². The molecule has 3 heteroatoms. The van der Waals surface area contributed by atoms with Crippen molar-refractivity contribution in [3.8, 4) is 0 Å². The van der Waals surface area contributed by atoms with Gasteiger partial charge in [0.2, 0.25) is 0 Å². The second-order valence-corrected chi connectivity index (χ2v) is 3.05. The molecule has 0 aromatic carbocycles. The molecule has 0 amide bonds. The van der Waals surface area contributed by atoms with Gasteiger partial charge in [0.1, 0.15) is 0 Å². The van der Waals surface area contributed by atoms with Gasteiger partial charge in [-0.25, -0.2) is 0 Å². The molecule has 0 rings (SSSR count).